The van der Waals surface area contributed by atoms with Gasteiger partial charge < -0.3 is 14.8 Å². The zero-order chi connectivity index (χ0) is 14.3. The van der Waals surface area contributed by atoms with Gasteiger partial charge in [0.1, 0.15) is 5.76 Å². The van der Waals surface area contributed by atoms with Gasteiger partial charge in [0.05, 0.1) is 12.7 Å². The molecule has 0 fully saturated rings. The Morgan fingerprint density at radius 3 is 2.53 bits per heavy atom. The van der Waals surface area contributed by atoms with Gasteiger partial charge in [0.15, 0.2) is 0 Å². The summed E-state index contributed by atoms with van der Waals surface area (Å²) in [6, 6.07) is 3.59. The average molecular weight is 267 g/mol. The van der Waals surface area contributed by atoms with E-state index in [1.54, 1.807) is 12.3 Å². The maximum Gasteiger partial charge on any atom is 0.305 e. The number of amides is 1. The summed E-state index contributed by atoms with van der Waals surface area (Å²) in [4.78, 5) is 22.8. The van der Waals surface area contributed by atoms with Crippen LogP contribution in [0.25, 0.3) is 0 Å². The summed E-state index contributed by atoms with van der Waals surface area (Å²) in [5.41, 5.74) is -0.647. The smallest absolute Gasteiger partial charge is 0.305 e. The van der Waals surface area contributed by atoms with Crippen molar-refractivity contribution in [3.8, 4) is 0 Å². The summed E-state index contributed by atoms with van der Waals surface area (Å²) in [6.45, 7) is 3.78. The zero-order valence-electron chi connectivity index (χ0n) is 11.4. The van der Waals surface area contributed by atoms with Crippen molar-refractivity contribution in [1.82, 2.24) is 5.32 Å². The number of hydrogen-bond acceptors (Lipinski definition) is 3. The minimum Gasteiger partial charge on any atom is -0.481 e. The number of hydrogen-bond donors (Lipinski definition) is 2. The number of carboxylic acids is 1. The molecule has 0 radical (unpaired) electrons. The second-order valence-corrected chi connectivity index (χ2v) is 4.69. The molecule has 0 unspecified atom stereocenters. The molecule has 0 spiro atoms. The molecule has 0 aromatic carbocycles. The maximum absolute atomic E-state index is 11.9. The Kier molecular flexibility index (Phi) is 5.60. The molecule has 0 bridgehead atoms. The molecule has 0 saturated heterocycles. The van der Waals surface area contributed by atoms with E-state index >= 15 is 0 Å². The average Bonchev–Trinajstić information content (AvgIpc) is 2.88. The van der Waals surface area contributed by atoms with Crippen LogP contribution < -0.4 is 5.32 Å². The summed E-state index contributed by atoms with van der Waals surface area (Å²) >= 11 is 0. The predicted octanol–water partition coefficient (Wildman–Crippen LogP) is 2.36. The van der Waals surface area contributed by atoms with Gasteiger partial charge in [0.2, 0.25) is 5.91 Å². The fourth-order valence-electron chi connectivity index (χ4n) is 2.06. The monoisotopic (exact) mass is 267 g/mol. The largest absolute Gasteiger partial charge is 0.481 e. The van der Waals surface area contributed by atoms with Crippen LogP contribution in [0, 0.1) is 0 Å². The Labute approximate surface area is 113 Å². The van der Waals surface area contributed by atoms with E-state index in [-0.39, 0.29) is 12.3 Å². The lowest BCUT2D eigenvalue weighted by molar-refractivity contribution is -0.139. The number of carboxylic acid groups (broad SMARTS) is 1. The topological polar surface area (TPSA) is 79.5 Å². The SMILES string of the molecule is CCC(CC)(CC(=O)O)NC(=O)CCc1ccco1. The Morgan fingerprint density at radius 2 is 2.05 bits per heavy atom. The van der Waals surface area contributed by atoms with Crippen molar-refractivity contribution in [2.75, 3.05) is 0 Å². The second-order valence-electron chi connectivity index (χ2n) is 4.69. The van der Waals surface area contributed by atoms with Crippen molar-refractivity contribution in [1.29, 1.82) is 0 Å². The van der Waals surface area contributed by atoms with E-state index in [0.29, 0.717) is 25.7 Å². The first-order valence-corrected chi connectivity index (χ1v) is 6.56. The summed E-state index contributed by atoms with van der Waals surface area (Å²) in [5.74, 6) is -0.275. The molecule has 5 heteroatoms. The van der Waals surface area contributed by atoms with Gasteiger partial charge in [-0.1, -0.05) is 13.8 Å². The van der Waals surface area contributed by atoms with Crippen LogP contribution in [0.5, 0.6) is 0 Å². The van der Waals surface area contributed by atoms with Gasteiger partial charge in [-0.15, -0.1) is 0 Å². The van der Waals surface area contributed by atoms with Crippen LogP contribution in [0.4, 0.5) is 0 Å². The standard InChI is InChI=1S/C14H21NO4/c1-3-14(4-2,10-13(17)18)15-12(16)8-7-11-6-5-9-19-11/h5-6,9H,3-4,7-8,10H2,1-2H3,(H,15,16)(H,17,18). The van der Waals surface area contributed by atoms with Gasteiger partial charge >= 0.3 is 5.97 Å². The van der Waals surface area contributed by atoms with Crippen LogP contribution in [-0.4, -0.2) is 22.5 Å². The van der Waals surface area contributed by atoms with E-state index in [1.807, 2.05) is 19.9 Å². The van der Waals surface area contributed by atoms with Crippen LogP contribution >= 0.6 is 0 Å². The molecule has 2 N–H and O–H groups in total. The molecule has 1 rings (SSSR count). The van der Waals surface area contributed by atoms with E-state index in [4.69, 9.17) is 9.52 Å². The van der Waals surface area contributed by atoms with Gasteiger partial charge in [-0.2, -0.15) is 0 Å². The number of rotatable bonds is 8. The minimum atomic E-state index is -0.893. The van der Waals surface area contributed by atoms with Crippen molar-refractivity contribution in [3.63, 3.8) is 0 Å². The van der Waals surface area contributed by atoms with Gasteiger partial charge in [0.25, 0.3) is 0 Å². The fraction of sp³-hybridized carbons (Fsp3) is 0.571. The molecule has 0 atom stereocenters. The molecule has 106 valence electrons. The Balaban J connectivity index is 2.53. The Hall–Kier alpha value is -1.78. The lowest BCUT2D eigenvalue weighted by Crippen LogP contribution is -2.49. The number of carbonyl (C=O) groups excluding carboxylic acids is 1. The van der Waals surface area contributed by atoms with Gasteiger partial charge in [-0.3, -0.25) is 9.59 Å². The lowest BCUT2D eigenvalue weighted by Gasteiger charge is -2.31. The van der Waals surface area contributed by atoms with Crippen LogP contribution in [0.2, 0.25) is 0 Å². The van der Waals surface area contributed by atoms with Crippen LogP contribution in [-0.2, 0) is 16.0 Å². The highest BCUT2D eigenvalue weighted by molar-refractivity contribution is 5.78. The summed E-state index contributed by atoms with van der Waals surface area (Å²) < 4.78 is 5.16. The molecule has 0 aliphatic heterocycles. The first-order chi connectivity index (χ1) is 9.01. The van der Waals surface area contributed by atoms with Crippen LogP contribution in [0.3, 0.4) is 0 Å². The number of aryl methyl sites for hydroxylation is 1. The third-order valence-corrected chi connectivity index (χ3v) is 3.43. The second kappa shape index (κ2) is 6.97. The highest BCUT2D eigenvalue weighted by Gasteiger charge is 2.30. The minimum absolute atomic E-state index is 0.0491. The highest BCUT2D eigenvalue weighted by atomic mass is 16.4. The predicted molar refractivity (Wildman–Crippen MR) is 70.7 cm³/mol. The van der Waals surface area contributed by atoms with Gasteiger partial charge in [0, 0.05) is 18.4 Å². The van der Waals surface area contributed by atoms with Gasteiger partial charge in [-0.05, 0) is 25.0 Å². The zero-order valence-corrected chi connectivity index (χ0v) is 11.4. The van der Waals surface area contributed by atoms with E-state index in [9.17, 15) is 9.59 Å². The number of carbonyl (C=O) groups is 2. The third-order valence-electron chi connectivity index (χ3n) is 3.43. The Morgan fingerprint density at radius 1 is 1.37 bits per heavy atom. The van der Waals surface area contributed by atoms with E-state index in [1.165, 1.54) is 0 Å². The molecular weight excluding hydrogens is 246 g/mol. The molecule has 19 heavy (non-hydrogen) atoms. The molecular formula is C14H21NO4. The van der Waals surface area contributed by atoms with Crippen LogP contribution in [0.1, 0.15) is 45.3 Å². The molecule has 1 heterocycles. The lowest BCUT2D eigenvalue weighted by atomic mass is 9.88. The molecule has 0 aliphatic carbocycles. The number of nitrogens with one attached hydrogen (secondary N) is 1. The normalized spacial score (nSPS) is 11.3. The van der Waals surface area contributed by atoms with Crippen LogP contribution in [0.15, 0.2) is 22.8 Å². The highest BCUT2D eigenvalue weighted by Crippen LogP contribution is 2.20. The first kappa shape index (κ1) is 15.3. The summed E-state index contributed by atoms with van der Waals surface area (Å²) in [6.07, 6.45) is 3.54. The van der Waals surface area contributed by atoms with Gasteiger partial charge in [-0.25, -0.2) is 0 Å². The van der Waals surface area contributed by atoms with Crippen molar-refractivity contribution in [2.24, 2.45) is 0 Å². The molecule has 1 aromatic heterocycles. The molecule has 1 amide bonds. The molecule has 0 aliphatic rings. The van der Waals surface area contributed by atoms with E-state index in [2.05, 4.69) is 5.32 Å². The number of aliphatic carboxylic acids is 1. The summed E-state index contributed by atoms with van der Waals surface area (Å²) in [5, 5.41) is 11.8. The molecule has 5 nitrogen and oxygen atoms in total. The maximum atomic E-state index is 11.9. The first-order valence-electron chi connectivity index (χ1n) is 6.56. The quantitative estimate of drug-likeness (QED) is 0.757. The van der Waals surface area contributed by atoms with E-state index < -0.39 is 11.5 Å². The molecule has 0 saturated carbocycles. The summed E-state index contributed by atoms with van der Waals surface area (Å²) in [7, 11) is 0. The Bertz CT molecular complexity index is 407. The third kappa shape index (κ3) is 4.77. The van der Waals surface area contributed by atoms with E-state index in [0.717, 1.165) is 5.76 Å². The van der Waals surface area contributed by atoms with Crippen molar-refractivity contribution < 1.29 is 19.1 Å². The van der Waals surface area contributed by atoms with Crippen molar-refractivity contribution >= 4 is 11.9 Å². The van der Waals surface area contributed by atoms with Crippen molar-refractivity contribution in [3.05, 3.63) is 24.2 Å². The van der Waals surface area contributed by atoms with Crippen molar-refractivity contribution in [2.45, 2.75) is 51.5 Å². The fourth-order valence-corrected chi connectivity index (χ4v) is 2.06. The molecule has 1 aromatic rings. The number of furan rings is 1.